The molecule has 0 saturated heterocycles. The molecule has 2 rings (SSSR count). The van der Waals surface area contributed by atoms with E-state index in [1.807, 2.05) is 18.2 Å². The van der Waals surface area contributed by atoms with Crippen molar-refractivity contribution >= 4 is 23.5 Å². The smallest absolute Gasteiger partial charge is 0.106 e. The predicted octanol–water partition coefficient (Wildman–Crippen LogP) is 1.56. The summed E-state index contributed by atoms with van der Waals surface area (Å²) in [4.78, 5) is 4.20. The fraction of sp³-hybridized carbons (Fsp3) is 0.250. The quantitative estimate of drug-likeness (QED) is 0.708. The first-order chi connectivity index (χ1) is 7.72. The molecule has 2 N–H and O–H groups in total. The van der Waals surface area contributed by atoms with Crippen LogP contribution in [0, 0.1) is 0 Å². The van der Waals surface area contributed by atoms with Crippen LogP contribution in [0.3, 0.4) is 0 Å². The van der Waals surface area contributed by atoms with Crippen LogP contribution < -0.4 is 0 Å². The monoisotopic (exact) mass is 235 g/mol. The Kier molecular flexibility index (Phi) is 3.43. The van der Waals surface area contributed by atoms with Crippen LogP contribution in [0.5, 0.6) is 0 Å². The van der Waals surface area contributed by atoms with Crippen LogP contribution in [0.4, 0.5) is 0 Å². The first-order valence-electron chi connectivity index (χ1n) is 5.04. The summed E-state index contributed by atoms with van der Waals surface area (Å²) in [7, 11) is 0. The summed E-state index contributed by atoms with van der Waals surface area (Å²) in [5.41, 5.74) is 1.47. The number of aliphatic hydroxyl groups is 2. The third-order valence-electron chi connectivity index (χ3n) is 2.52. The number of pyridine rings is 1. The third kappa shape index (κ3) is 2.19. The number of benzene rings is 1. The highest BCUT2D eigenvalue weighted by Crippen LogP contribution is 2.21. The maximum atomic E-state index is 9.82. The van der Waals surface area contributed by atoms with Gasteiger partial charge in [-0.3, -0.25) is 4.98 Å². The zero-order chi connectivity index (χ0) is 11.5. The van der Waals surface area contributed by atoms with Crippen molar-refractivity contribution in [2.24, 2.45) is 0 Å². The molecular formula is C12H13NO2S. The SMILES string of the molecule is OC(CS)C(O)c1ccc2cccnc2c1. The van der Waals surface area contributed by atoms with Crippen molar-refractivity contribution < 1.29 is 10.2 Å². The van der Waals surface area contributed by atoms with E-state index >= 15 is 0 Å². The van der Waals surface area contributed by atoms with Crippen molar-refractivity contribution in [3.8, 4) is 0 Å². The van der Waals surface area contributed by atoms with Gasteiger partial charge in [0.25, 0.3) is 0 Å². The van der Waals surface area contributed by atoms with Gasteiger partial charge in [-0.25, -0.2) is 0 Å². The standard InChI is InChI=1S/C12H13NO2S/c14-11(7-16)12(15)9-4-3-8-2-1-5-13-10(8)6-9/h1-6,11-12,14-16H,7H2. The van der Waals surface area contributed by atoms with E-state index in [4.69, 9.17) is 0 Å². The fourth-order valence-electron chi connectivity index (χ4n) is 1.59. The van der Waals surface area contributed by atoms with Gasteiger partial charge >= 0.3 is 0 Å². The van der Waals surface area contributed by atoms with Crippen molar-refractivity contribution in [2.45, 2.75) is 12.2 Å². The maximum Gasteiger partial charge on any atom is 0.106 e. The summed E-state index contributed by atoms with van der Waals surface area (Å²) < 4.78 is 0. The van der Waals surface area contributed by atoms with Crippen molar-refractivity contribution in [1.29, 1.82) is 0 Å². The molecule has 1 aromatic carbocycles. The Balaban J connectivity index is 2.39. The van der Waals surface area contributed by atoms with Crippen molar-refractivity contribution in [3.63, 3.8) is 0 Å². The third-order valence-corrected chi connectivity index (χ3v) is 2.90. The van der Waals surface area contributed by atoms with Crippen LogP contribution in [-0.2, 0) is 0 Å². The van der Waals surface area contributed by atoms with Crippen LogP contribution in [0.2, 0.25) is 0 Å². The molecule has 3 nitrogen and oxygen atoms in total. The topological polar surface area (TPSA) is 53.4 Å². The highest BCUT2D eigenvalue weighted by Gasteiger charge is 2.16. The second kappa shape index (κ2) is 4.82. The molecule has 0 radical (unpaired) electrons. The van der Waals surface area contributed by atoms with E-state index in [0.717, 1.165) is 10.9 Å². The molecule has 0 aliphatic carbocycles. The molecule has 0 aliphatic rings. The fourth-order valence-corrected chi connectivity index (χ4v) is 1.79. The van der Waals surface area contributed by atoms with E-state index in [-0.39, 0.29) is 5.75 Å². The van der Waals surface area contributed by atoms with Gasteiger partial charge < -0.3 is 10.2 Å². The minimum atomic E-state index is -0.913. The summed E-state index contributed by atoms with van der Waals surface area (Å²) in [5.74, 6) is 0.224. The second-order valence-electron chi connectivity index (χ2n) is 3.65. The van der Waals surface area contributed by atoms with E-state index < -0.39 is 12.2 Å². The minimum absolute atomic E-state index is 0.224. The number of hydrogen-bond donors (Lipinski definition) is 3. The summed E-state index contributed by atoms with van der Waals surface area (Å²) in [6.07, 6.45) is -0.0681. The Morgan fingerprint density at radius 2 is 2.06 bits per heavy atom. The highest BCUT2D eigenvalue weighted by molar-refractivity contribution is 7.80. The average Bonchev–Trinajstić information content (AvgIpc) is 2.36. The lowest BCUT2D eigenvalue weighted by Gasteiger charge is -2.16. The van der Waals surface area contributed by atoms with Gasteiger partial charge in [-0.1, -0.05) is 18.2 Å². The van der Waals surface area contributed by atoms with Gasteiger partial charge in [0, 0.05) is 17.3 Å². The molecule has 2 unspecified atom stereocenters. The van der Waals surface area contributed by atoms with Gasteiger partial charge in [0.1, 0.15) is 6.10 Å². The number of fused-ring (bicyclic) bond motifs is 1. The Morgan fingerprint density at radius 1 is 1.25 bits per heavy atom. The number of aromatic nitrogens is 1. The first kappa shape index (κ1) is 11.4. The van der Waals surface area contributed by atoms with E-state index in [2.05, 4.69) is 17.6 Å². The number of nitrogens with zero attached hydrogens (tertiary/aromatic N) is 1. The number of hydrogen-bond acceptors (Lipinski definition) is 4. The van der Waals surface area contributed by atoms with Crippen molar-refractivity contribution in [3.05, 3.63) is 42.1 Å². The zero-order valence-electron chi connectivity index (χ0n) is 8.61. The Labute approximate surface area is 99.2 Å². The number of thiol groups is 1. The molecule has 16 heavy (non-hydrogen) atoms. The summed E-state index contributed by atoms with van der Waals surface area (Å²) >= 11 is 3.95. The van der Waals surface area contributed by atoms with E-state index in [1.165, 1.54) is 0 Å². The van der Waals surface area contributed by atoms with Crippen LogP contribution >= 0.6 is 12.6 Å². The molecule has 1 heterocycles. The molecular weight excluding hydrogens is 222 g/mol. The van der Waals surface area contributed by atoms with E-state index in [1.54, 1.807) is 18.3 Å². The summed E-state index contributed by atoms with van der Waals surface area (Å²) in [5, 5.41) is 20.3. The lowest BCUT2D eigenvalue weighted by molar-refractivity contribution is 0.0338. The van der Waals surface area contributed by atoms with E-state index in [9.17, 15) is 10.2 Å². The second-order valence-corrected chi connectivity index (χ2v) is 4.02. The molecule has 2 atom stereocenters. The molecule has 0 amide bonds. The number of aliphatic hydroxyl groups excluding tert-OH is 2. The van der Waals surface area contributed by atoms with Gasteiger partial charge in [-0.05, 0) is 17.7 Å². The van der Waals surface area contributed by atoms with Crippen molar-refractivity contribution in [1.82, 2.24) is 4.98 Å². The molecule has 0 spiro atoms. The maximum absolute atomic E-state index is 9.82. The normalized spacial score (nSPS) is 14.9. The van der Waals surface area contributed by atoms with Gasteiger partial charge in [-0.2, -0.15) is 12.6 Å². The van der Waals surface area contributed by atoms with Crippen LogP contribution in [0.15, 0.2) is 36.5 Å². The molecule has 0 bridgehead atoms. The molecule has 0 aliphatic heterocycles. The molecule has 0 fully saturated rings. The molecule has 84 valence electrons. The molecule has 0 saturated carbocycles. The predicted molar refractivity (Wildman–Crippen MR) is 66.6 cm³/mol. The van der Waals surface area contributed by atoms with Gasteiger partial charge in [0.2, 0.25) is 0 Å². The largest absolute Gasteiger partial charge is 0.389 e. The first-order valence-corrected chi connectivity index (χ1v) is 5.67. The molecule has 1 aromatic heterocycles. The van der Waals surface area contributed by atoms with Gasteiger partial charge in [-0.15, -0.1) is 0 Å². The summed E-state index contributed by atoms with van der Waals surface area (Å²) in [6, 6.07) is 9.27. The Morgan fingerprint density at radius 3 is 2.81 bits per heavy atom. The van der Waals surface area contributed by atoms with Crippen LogP contribution in [0.1, 0.15) is 11.7 Å². The van der Waals surface area contributed by atoms with Gasteiger partial charge in [0.05, 0.1) is 11.6 Å². The average molecular weight is 235 g/mol. The molecule has 2 aromatic rings. The minimum Gasteiger partial charge on any atom is -0.389 e. The van der Waals surface area contributed by atoms with Crippen LogP contribution in [0.25, 0.3) is 10.9 Å². The zero-order valence-corrected chi connectivity index (χ0v) is 9.51. The Bertz CT molecular complexity index is 489. The van der Waals surface area contributed by atoms with Crippen LogP contribution in [-0.4, -0.2) is 27.1 Å². The number of rotatable bonds is 3. The van der Waals surface area contributed by atoms with E-state index in [0.29, 0.717) is 5.56 Å². The molecule has 4 heteroatoms. The highest BCUT2D eigenvalue weighted by atomic mass is 32.1. The lowest BCUT2D eigenvalue weighted by Crippen LogP contribution is -2.19. The lowest BCUT2D eigenvalue weighted by atomic mass is 10.0. The Hall–Kier alpha value is -1.10. The van der Waals surface area contributed by atoms with Crippen molar-refractivity contribution in [2.75, 3.05) is 5.75 Å². The van der Waals surface area contributed by atoms with Gasteiger partial charge in [0.15, 0.2) is 0 Å². The summed E-state index contributed by atoms with van der Waals surface area (Å²) in [6.45, 7) is 0.